The number of hydrogen-bond donors (Lipinski definition) is 0. The molecule has 0 radical (unpaired) electrons. The van der Waals surface area contributed by atoms with Gasteiger partial charge in [0.2, 0.25) is 0 Å². The average Bonchev–Trinajstić information content (AvgIpc) is 2.66. The van der Waals surface area contributed by atoms with Crippen LogP contribution in [0.2, 0.25) is 0 Å². The Bertz CT molecular complexity index is 310. The lowest BCUT2D eigenvalue weighted by atomic mass is 10.3. The van der Waals surface area contributed by atoms with Crippen molar-refractivity contribution in [3.63, 3.8) is 0 Å². The van der Waals surface area contributed by atoms with Crippen molar-refractivity contribution in [1.82, 2.24) is 9.80 Å². The number of hydrogen-bond acceptors (Lipinski definition) is 4. The van der Waals surface area contributed by atoms with Gasteiger partial charge in [-0.1, -0.05) is 64.1 Å². The summed E-state index contributed by atoms with van der Waals surface area (Å²) in [5.41, 5.74) is 0. The molecule has 0 aromatic heterocycles. The SMILES string of the molecule is CCCCN(CC)C(=O)SCCC.CCCCN(CC)C(=O)SCCC. The first-order valence-electron chi connectivity index (χ1n) is 10.3. The number of amides is 2. The summed E-state index contributed by atoms with van der Waals surface area (Å²) in [7, 11) is 0. The van der Waals surface area contributed by atoms with Gasteiger partial charge in [0.05, 0.1) is 0 Å². The van der Waals surface area contributed by atoms with Gasteiger partial charge in [-0.05, 0) is 39.5 Å². The first kappa shape index (κ1) is 27.9. The van der Waals surface area contributed by atoms with E-state index in [1.165, 1.54) is 23.5 Å². The summed E-state index contributed by atoms with van der Waals surface area (Å²) >= 11 is 2.89. The van der Waals surface area contributed by atoms with Crippen molar-refractivity contribution in [1.29, 1.82) is 0 Å². The summed E-state index contributed by atoms with van der Waals surface area (Å²) < 4.78 is 0. The van der Waals surface area contributed by atoms with E-state index in [9.17, 15) is 9.59 Å². The number of rotatable bonds is 12. The molecule has 156 valence electrons. The van der Waals surface area contributed by atoms with Crippen LogP contribution < -0.4 is 0 Å². The summed E-state index contributed by atoms with van der Waals surface area (Å²) in [6.07, 6.45) is 6.69. The van der Waals surface area contributed by atoms with Crippen molar-refractivity contribution < 1.29 is 9.59 Å². The van der Waals surface area contributed by atoms with Gasteiger partial charge in [-0.2, -0.15) is 0 Å². The van der Waals surface area contributed by atoms with Gasteiger partial charge in [0.15, 0.2) is 0 Å². The first-order valence-corrected chi connectivity index (χ1v) is 12.3. The molecule has 0 spiro atoms. The minimum Gasteiger partial charge on any atom is -0.334 e. The normalized spacial score (nSPS) is 10.1. The first-order chi connectivity index (χ1) is 12.5. The van der Waals surface area contributed by atoms with E-state index < -0.39 is 0 Å². The average molecular weight is 407 g/mol. The molecule has 0 aromatic rings. The molecule has 0 rings (SSSR count). The fraction of sp³-hybridized carbons (Fsp3) is 0.900. The minimum atomic E-state index is 0.248. The maximum atomic E-state index is 11.5. The number of nitrogens with zero attached hydrogens (tertiary/aromatic N) is 2. The number of thioether (sulfide) groups is 2. The molecule has 0 atom stereocenters. The molecule has 0 fully saturated rings. The van der Waals surface area contributed by atoms with Crippen LogP contribution in [0.3, 0.4) is 0 Å². The molecule has 0 N–H and O–H groups in total. The van der Waals surface area contributed by atoms with Gasteiger partial charge in [0.1, 0.15) is 0 Å². The Morgan fingerprint density at radius 1 is 0.615 bits per heavy atom. The van der Waals surface area contributed by atoms with E-state index >= 15 is 0 Å². The molecule has 0 saturated heterocycles. The van der Waals surface area contributed by atoms with Gasteiger partial charge in [0, 0.05) is 37.7 Å². The third-order valence-corrected chi connectivity index (χ3v) is 5.94. The van der Waals surface area contributed by atoms with Gasteiger partial charge in [-0.15, -0.1) is 0 Å². The third kappa shape index (κ3) is 15.9. The number of carbonyl (C=O) groups excluding carboxylic acids is 2. The van der Waals surface area contributed by atoms with E-state index in [-0.39, 0.29) is 10.5 Å². The maximum Gasteiger partial charge on any atom is 0.281 e. The van der Waals surface area contributed by atoms with E-state index in [2.05, 4.69) is 27.7 Å². The molecule has 0 aliphatic rings. The fourth-order valence-corrected chi connectivity index (χ4v) is 3.58. The Morgan fingerprint density at radius 2 is 0.962 bits per heavy atom. The molecule has 0 bridgehead atoms. The largest absolute Gasteiger partial charge is 0.334 e. The van der Waals surface area contributed by atoms with E-state index in [0.717, 1.165) is 76.2 Å². The van der Waals surface area contributed by atoms with Crippen molar-refractivity contribution in [3.8, 4) is 0 Å². The molecule has 0 aliphatic heterocycles. The Balaban J connectivity index is 0. The highest BCUT2D eigenvalue weighted by atomic mass is 32.2. The molecule has 4 nitrogen and oxygen atoms in total. The smallest absolute Gasteiger partial charge is 0.281 e. The van der Waals surface area contributed by atoms with Crippen LogP contribution in [0.25, 0.3) is 0 Å². The third-order valence-electron chi connectivity index (χ3n) is 3.70. The van der Waals surface area contributed by atoms with E-state index in [0.29, 0.717) is 0 Å². The zero-order chi connectivity index (χ0) is 20.2. The fourth-order valence-electron chi connectivity index (χ4n) is 2.02. The Hall–Kier alpha value is -0.360. The van der Waals surface area contributed by atoms with Crippen LogP contribution in [0.5, 0.6) is 0 Å². The van der Waals surface area contributed by atoms with Gasteiger partial charge in [-0.25, -0.2) is 0 Å². The highest BCUT2D eigenvalue weighted by Crippen LogP contribution is 2.11. The second kappa shape index (κ2) is 20.9. The van der Waals surface area contributed by atoms with Gasteiger partial charge in [0.25, 0.3) is 10.5 Å². The zero-order valence-electron chi connectivity index (χ0n) is 18.0. The lowest BCUT2D eigenvalue weighted by Crippen LogP contribution is -2.28. The highest BCUT2D eigenvalue weighted by Gasteiger charge is 2.10. The predicted molar refractivity (Wildman–Crippen MR) is 121 cm³/mol. The molecule has 26 heavy (non-hydrogen) atoms. The van der Waals surface area contributed by atoms with Crippen molar-refractivity contribution in [2.24, 2.45) is 0 Å². The molecule has 0 aromatic carbocycles. The highest BCUT2D eigenvalue weighted by molar-refractivity contribution is 8.13. The standard InChI is InChI=1S/2C10H21NOS/c2*1-4-7-8-11(6-3)10(12)13-9-5-2/h2*4-9H2,1-3H3. The van der Waals surface area contributed by atoms with Crippen molar-refractivity contribution in [2.75, 3.05) is 37.7 Å². The lowest BCUT2D eigenvalue weighted by Gasteiger charge is -2.19. The van der Waals surface area contributed by atoms with Gasteiger partial charge in [-0.3, -0.25) is 9.59 Å². The predicted octanol–water partition coefficient (Wildman–Crippen LogP) is 6.74. The topological polar surface area (TPSA) is 40.6 Å². The van der Waals surface area contributed by atoms with Crippen LogP contribution in [0.4, 0.5) is 9.59 Å². The summed E-state index contributed by atoms with van der Waals surface area (Å²) in [6, 6.07) is 0. The van der Waals surface area contributed by atoms with Crippen LogP contribution in [0.1, 0.15) is 80.1 Å². The summed E-state index contributed by atoms with van der Waals surface area (Å²) in [5, 5.41) is 0.496. The Kier molecular flexibility index (Phi) is 22.4. The van der Waals surface area contributed by atoms with Crippen LogP contribution in [-0.2, 0) is 0 Å². The zero-order valence-corrected chi connectivity index (χ0v) is 19.6. The molecule has 0 saturated carbocycles. The quantitative estimate of drug-likeness (QED) is 0.360. The van der Waals surface area contributed by atoms with Crippen LogP contribution in [-0.4, -0.2) is 58.0 Å². The molecule has 2 amide bonds. The Morgan fingerprint density at radius 3 is 1.19 bits per heavy atom. The molecule has 0 unspecified atom stereocenters. The van der Waals surface area contributed by atoms with Crippen LogP contribution >= 0.6 is 23.5 Å². The van der Waals surface area contributed by atoms with E-state index in [4.69, 9.17) is 0 Å². The molecular weight excluding hydrogens is 364 g/mol. The summed E-state index contributed by atoms with van der Waals surface area (Å²) in [5.74, 6) is 1.89. The maximum absolute atomic E-state index is 11.5. The molecular formula is C20H42N2O2S2. The lowest BCUT2D eigenvalue weighted by molar-refractivity contribution is 0.224. The van der Waals surface area contributed by atoms with Crippen molar-refractivity contribution in [3.05, 3.63) is 0 Å². The van der Waals surface area contributed by atoms with E-state index in [1.54, 1.807) is 0 Å². The van der Waals surface area contributed by atoms with Crippen LogP contribution in [0, 0.1) is 0 Å². The monoisotopic (exact) mass is 406 g/mol. The molecule has 0 aliphatic carbocycles. The summed E-state index contributed by atoms with van der Waals surface area (Å²) in [4.78, 5) is 26.9. The Labute approximate surface area is 171 Å². The summed E-state index contributed by atoms with van der Waals surface area (Å²) in [6.45, 7) is 16.1. The van der Waals surface area contributed by atoms with Gasteiger partial charge < -0.3 is 9.80 Å². The molecule has 6 heteroatoms. The van der Waals surface area contributed by atoms with E-state index in [1.807, 2.05) is 23.6 Å². The number of unbranched alkanes of at least 4 members (excludes halogenated alkanes) is 2. The van der Waals surface area contributed by atoms with Crippen molar-refractivity contribution in [2.45, 2.75) is 80.1 Å². The number of carbonyl (C=O) groups is 2. The van der Waals surface area contributed by atoms with Gasteiger partial charge >= 0.3 is 0 Å². The molecule has 0 heterocycles. The second-order valence-corrected chi connectivity index (χ2v) is 8.19. The van der Waals surface area contributed by atoms with Crippen molar-refractivity contribution >= 4 is 34.0 Å². The second-order valence-electron chi connectivity index (χ2n) is 6.10. The minimum absolute atomic E-state index is 0.248. The van der Waals surface area contributed by atoms with Crippen LogP contribution in [0.15, 0.2) is 0 Å².